The van der Waals surface area contributed by atoms with E-state index in [9.17, 15) is 5.11 Å². The first-order valence-electron chi connectivity index (χ1n) is 6.32. The molecule has 0 heterocycles. The first-order chi connectivity index (χ1) is 7.79. The van der Waals surface area contributed by atoms with Crippen LogP contribution in [0.25, 0.3) is 0 Å². The summed E-state index contributed by atoms with van der Waals surface area (Å²) in [6.07, 6.45) is 1.13. The number of hydrogen-bond donors (Lipinski definition) is 2. The molecule has 0 amide bonds. The Morgan fingerprint density at radius 1 is 1.29 bits per heavy atom. The fourth-order valence-corrected chi connectivity index (χ4v) is 1.79. The van der Waals surface area contributed by atoms with Crippen LogP contribution in [0.3, 0.4) is 0 Å². The highest BCUT2D eigenvalue weighted by atomic mass is 16.3. The van der Waals surface area contributed by atoms with Gasteiger partial charge in [-0.25, -0.2) is 0 Å². The lowest BCUT2D eigenvalue weighted by Gasteiger charge is -2.21. The molecule has 96 valence electrons. The largest absolute Gasteiger partial charge is 0.508 e. The lowest BCUT2D eigenvalue weighted by molar-refractivity contribution is 0.356. The van der Waals surface area contributed by atoms with Crippen LogP contribution in [0.4, 0.5) is 0 Å². The second-order valence-corrected chi connectivity index (χ2v) is 6.05. The standard InChI is InChI=1S/C15H25NO/c1-11-6-7-13(14(17)10-11)12(2)16-9-8-15(3,4)5/h6-7,10,12,16-17H,8-9H2,1-5H3. The summed E-state index contributed by atoms with van der Waals surface area (Å²) in [7, 11) is 0. The van der Waals surface area contributed by atoms with Gasteiger partial charge in [-0.2, -0.15) is 0 Å². The molecule has 17 heavy (non-hydrogen) atoms. The third kappa shape index (κ3) is 4.78. The van der Waals surface area contributed by atoms with Gasteiger partial charge in [-0.05, 0) is 43.9 Å². The van der Waals surface area contributed by atoms with E-state index < -0.39 is 0 Å². The summed E-state index contributed by atoms with van der Waals surface area (Å²) >= 11 is 0. The van der Waals surface area contributed by atoms with Gasteiger partial charge in [0.25, 0.3) is 0 Å². The highest BCUT2D eigenvalue weighted by Gasteiger charge is 2.13. The molecule has 0 radical (unpaired) electrons. The van der Waals surface area contributed by atoms with Crippen molar-refractivity contribution in [2.45, 2.75) is 47.1 Å². The molecule has 0 aliphatic rings. The van der Waals surface area contributed by atoms with Crippen LogP contribution < -0.4 is 5.32 Å². The second-order valence-electron chi connectivity index (χ2n) is 6.05. The van der Waals surface area contributed by atoms with E-state index >= 15 is 0 Å². The van der Waals surface area contributed by atoms with E-state index in [0.717, 1.165) is 24.1 Å². The molecule has 0 aliphatic carbocycles. The molecule has 1 unspecified atom stereocenters. The quantitative estimate of drug-likeness (QED) is 0.832. The van der Waals surface area contributed by atoms with E-state index in [2.05, 4.69) is 33.0 Å². The minimum absolute atomic E-state index is 0.193. The number of phenols is 1. The van der Waals surface area contributed by atoms with Gasteiger partial charge in [0.05, 0.1) is 0 Å². The lowest BCUT2D eigenvalue weighted by Crippen LogP contribution is -2.23. The number of aromatic hydroxyl groups is 1. The van der Waals surface area contributed by atoms with Crippen molar-refractivity contribution in [1.82, 2.24) is 5.32 Å². The highest BCUT2D eigenvalue weighted by molar-refractivity contribution is 5.37. The minimum Gasteiger partial charge on any atom is -0.508 e. The predicted octanol–water partition coefficient (Wildman–Crippen LogP) is 3.79. The SMILES string of the molecule is Cc1ccc(C(C)NCCC(C)(C)C)c(O)c1. The van der Waals surface area contributed by atoms with Crippen LogP contribution in [0.15, 0.2) is 18.2 Å². The fraction of sp³-hybridized carbons (Fsp3) is 0.600. The van der Waals surface area contributed by atoms with Crippen molar-refractivity contribution in [3.05, 3.63) is 29.3 Å². The van der Waals surface area contributed by atoms with E-state index in [1.165, 1.54) is 0 Å². The molecule has 2 nitrogen and oxygen atoms in total. The molecule has 1 atom stereocenters. The van der Waals surface area contributed by atoms with Crippen molar-refractivity contribution in [3.8, 4) is 5.75 Å². The highest BCUT2D eigenvalue weighted by Crippen LogP contribution is 2.25. The first kappa shape index (κ1) is 14.0. The maximum atomic E-state index is 9.88. The van der Waals surface area contributed by atoms with Crippen molar-refractivity contribution in [1.29, 1.82) is 0 Å². The van der Waals surface area contributed by atoms with Gasteiger partial charge in [0, 0.05) is 11.6 Å². The lowest BCUT2D eigenvalue weighted by atomic mass is 9.92. The Labute approximate surface area is 105 Å². The number of benzene rings is 1. The zero-order valence-corrected chi connectivity index (χ0v) is 11.7. The minimum atomic E-state index is 0.193. The molecular weight excluding hydrogens is 210 g/mol. The summed E-state index contributed by atoms with van der Waals surface area (Å²) in [5, 5.41) is 13.3. The van der Waals surface area contributed by atoms with E-state index in [0.29, 0.717) is 11.2 Å². The summed E-state index contributed by atoms with van der Waals surface area (Å²) < 4.78 is 0. The maximum absolute atomic E-state index is 9.88. The molecule has 0 fully saturated rings. The van der Waals surface area contributed by atoms with Crippen molar-refractivity contribution >= 4 is 0 Å². The van der Waals surface area contributed by atoms with Gasteiger partial charge in [0.15, 0.2) is 0 Å². The van der Waals surface area contributed by atoms with E-state index in [1.807, 2.05) is 25.1 Å². The average molecular weight is 235 g/mol. The zero-order chi connectivity index (χ0) is 13.1. The third-order valence-corrected chi connectivity index (χ3v) is 2.98. The molecule has 2 heteroatoms. The van der Waals surface area contributed by atoms with Gasteiger partial charge in [0.2, 0.25) is 0 Å². The number of phenolic OH excluding ortho intramolecular Hbond substituents is 1. The van der Waals surface area contributed by atoms with Gasteiger partial charge in [-0.1, -0.05) is 32.9 Å². The number of rotatable bonds is 4. The monoisotopic (exact) mass is 235 g/mol. The normalized spacial score (nSPS) is 13.7. The van der Waals surface area contributed by atoms with E-state index in [-0.39, 0.29) is 6.04 Å². The van der Waals surface area contributed by atoms with Crippen molar-refractivity contribution in [2.24, 2.45) is 5.41 Å². The fourth-order valence-electron chi connectivity index (χ4n) is 1.79. The van der Waals surface area contributed by atoms with Crippen LogP contribution in [-0.4, -0.2) is 11.7 Å². The molecule has 0 aromatic heterocycles. The second kappa shape index (κ2) is 5.54. The Morgan fingerprint density at radius 2 is 1.94 bits per heavy atom. The Balaban J connectivity index is 2.55. The molecular formula is C15H25NO. The van der Waals surface area contributed by atoms with Gasteiger partial charge >= 0.3 is 0 Å². The first-order valence-corrected chi connectivity index (χ1v) is 6.32. The molecule has 0 saturated heterocycles. The molecule has 1 aromatic carbocycles. The third-order valence-electron chi connectivity index (χ3n) is 2.98. The Morgan fingerprint density at radius 3 is 2.47 bits per heavy atom. The molecule has 0 aliphatic heterocycles. The van der Waals surface area contributed by atoms with Gasteiger partial charge < -0.3 is 10.4 Å². The summed E-state index contributed by atoms with van der Waals surface area (Å²) in [5.41, 5.74) is 2.42. The van der Waals surface area contributed by atoms with Gasteiger partial charge in [-0.15, -0.1) is 0 Å². The predicted molar refractivity (Wildman–Crippen MR) is 73.3 cm³/mol. The molecule has 1 rings (SSSR count). The Kier molecular flexibility index (Phi) is 4.58. The molecule has 0 saturated carbocycles. The Hall–Kier alpha value is -1.02. The maximum Gasteiger partial charge on any atom is 0.120 e. The van der Waals surface area contributed by atoms with Crippen molar-refractivity contribution in [2.75, 3.05) is 6.54 Å². The average Bonchev–Trinajstić information content (AvgIpc) is 2.15. The molecule has 0 bridgehead atoms. The van der Waals surface area contributed by atoms with Crippen LogP contribution in [0.1, 0.15) is 51.3 Å². The Bertz CT molecular complexity index is 366. The summed E-state index contributed by atoms with van der Waals surface area (Å²) in [6, 6.07) is 6.05. The van der Waals surface area contributed by atoms with E-state index in [4.69, 9.17) is 0 Å². The summed E-state index contributed by atoms with van der Waals surface area (Å²) in [4.78, 5) is 0. The molecule has 1 aromatic rings. The number of aryl methyl sites for hydroxylation is 1. The van der Waals surface area contributed by atoms with Crippen LogP contribution in [-0.2, 0) is 0 Å². The van der Waals surface area contributed by atoms with Gasteiger partial charge in [-0.3, -0.25) is 0 Å². The molecule has 0 spiro atoms. The number of hydrogen-bond acceptors (Lipinski definition) is 2. The zero-order valence-electron chi connectivity index (χ0n) is 11.7. The topological polar surface area (TPSA) is 32.3 Å². The van der Waals surface area contributed by atoms with Crippen molar-refractivity contribution < 1.29 is 5.11 Å². The summed E-state index contributed by atoms with van der Waals surface area (Å²) in [6.45, 7) is 11.8. The van der Waals surface area contributed by atoms with Crippen LogP contribution in [0.5, 0.6) is 5.75 Å². The number of nitrogens with one attached hydrogen (secondary N) is 1. The van der Waals surface area contributed by atoms with Gasteiger partial charge in [0.1, 0.15) is 5.75 Å². The van der Waals surface area contributed by atoms with Crippen LogP contribution >= 0.6 is 0 Å². The van der Waals surface area contributed by atoms with Crippen molar-refractivity contribution in [3.63, 3.8) is 0 Å². The smallest absolute Gasteiger partial charge is 0.120 e. The van der Waals surface area contributed by atoms with E-state index in [1.54, 1.807) is 0 Å². The summed E-state index contributed by atoms with van der Waals surface area (Å²) in [5.74, 6) is 0.390. The van der Waals surface area contributed by atoms with Crippen LogP contribution in [0.2, 0.25) is 0 Å². The molecule has 2 N–H and O–H groups in total. The van der Waals surface area contributed by atoms with Crippen LogP contribution in [0, 0.1) is 12.3 Å².